The minimum atomic E-state index is 0.144. The van der Waals surface area contributed by atoms with Gasteiger partial charge < -0.3 is 9.47 Å². The van der Waals surface area contributed by atoms with Crippen LogP contribution < -0.4 is 4.74 Å². The fraction of sp³-hybridized carbons (Fsp3) is 0.500. The topological polar surface area (TPSA) is 44.2 Å². The van der Waals surface area contributed by atoms with Crippen LogP contribution in [0.25, 0.3) is 0 Å². The molecule has 5 heteroatoms. The first-order valence-corrected chi connectivity index (χ1v) is 4.78. The Morgan fingerprint density at radius 2 is 2.38 bits per heavy atom. The monoisotopic (exact) mass is 244 g/mol. The van der Waals surface area contributed by atoms with Crippen molar-refractivity contribution in [1.29, 1.82) is 0 Å². The number of nitrogens with zero attached hydrogens (tertiary/aromatic N) is 2. The molecule has 0 spiro atoms. The highest BCUT2D eigenvalue weighted by atomic mass is 79.9. The van der Waals surface area contributed by atoms with E-state index in [2.05, 4.69) is 25.9 Å². The number of hydrogen-bond donors (Lipinski definition) is 0. The average molecular weight is 245 g/mol. The summed E-state index contributed by atoms with van der Waals surface area (Å²) < 4.78 is 11.3. The molecule has 2 rings (SSSR count). The molecule has 0 atom stereocenters. The fourth-order valence-electron chi connectivity index (χ4n) is 0.957. The summed E-state index contributed by atoms with van der Waals surface area (Å²) in [5.41, 5.74) is 0. The number of ether oxygens (including phenoxy) is 2. The van der Waals surface area contributed by atoms with E-state index in [0.29, 0.717) is 24.9 Å². The lowest BCUT2D eigenvalue weighted by Gasteiger charge is -2.26. The lowest BCUT2D eigenvalue weighted by molar-refractivity contribution is -0.0817. The zero-order valence-corrected chi connectivity index (χ0v) is 8.74. The van der Waals surface area contributed by atoms with E-state index in [9.17, 15) is 0 Å². The summed E-state index contributed by atoms with van der Waals surface area (Å²) in [6.45, 7) is 3.13. The SMILES string of the molecule is Cc1ncc(Br)c(OC2COC2)n1. The molecule has 1 aliphatic rings. The Hall–Kier alpha value is -0.680. The third-order valence-electron chi connectivity index (χ3n) is 1.72. The van der Waals surface area contributed by atoms with E-state index in [4.69, 9.17) is 9.47 Å². The van der Waals surface area contributed by atoms with Gasteiger partial charge in [0.2, 0.25) is 5.88 Å². The highest BCUT2D eigenvalue weighted by molar-refractivity contribution is 9.10. The van der Waals surface area contributed by atoms with Gasteiger partial charge in [0.1, 0.15) is 11.9 Å². The predicted molar refractivity (Wildman–Crippen MR) is 49.7 cm³/mol. The zero-order valence-electron chi connectivity index (χ0n) is 7.16. The molecule has 4 nitrogen and oxygen atoms in total. The highest BCUT2D eigenvalue weighted by Crippen LogP contribution is 2.23. The fourth-order valence-corrected chi connectivity index (χ4v) is 1.24. The molecular formula is C8H9BrN2O2. The summed E-state index contributed by atoms with van der Waals surface area (Å²) in [6.07, 6.45) is 1.84. The van der Waals surface area contributed by atoms with Crippen LogP contribution in [0.4, 0.5) is 0 Å². The van der Waals surface area contributed by atoms with Gasteiger partial charge in [-0.25, -0.2) is 4.98 Å². The molecule has 1 aromatic heterocycles. The summed E-state index contributed by atoms with van der Waals surface area (Å²) >= 11 is 3.32. The van der Waals surface area contributed by atoms with E-state index in [-0.39, 0.29) is 6.10 Å². The van der Waals surface area contributed by atoms with Crippen LogP contribution in [0, 0.1) is 6.92 Å². The quantitative estimate of drug-likeness (QED) is 0.788. The predicted octanol–water partition coefficient (Wildman–Crippen LogP) is 1.33. The van der Waals surface area contributed by atoms with Crippen LogP contribution in [0.15, 0.2) is 10.7 Å². The number of hydrogen-bond acceptors (Lipinski definition) is 4. The van der Waals surface area contributed by atoms with Crippen LogP contribution in [-0.4, -0.2) is 29.3 Å². The third kappa shape index (κ3) is 1.97. The molecule has 0 aliphatic carbocycles. The van der Waals surface area contributed by atoms with E-state index in [1.165, 1.54) is 0 Å². The van der Waals surface area contributed by atoms with Crippen LogP contribution >= 0.6 is 15.9 Å². The largest absolute Gasteiger partial charge is 0.469 e. The molecule has 1 aromatic rings. The van der Waals surface area contributed by atoms with Crippen LogP contribution in [0.2, 0.25) is 0 Å². The molecule has 0 amide bonds. The number of aromatic nitrogens is 2. The average Bonchev–Trinajstić information content (AvgIpc) is 2.03. The molecular weight excluding hydrogens is 236 g/mol. The second-order valence-electron chi connectivity index (χ2n) is 2.85. The van der Waals surface area contributed by atoms with E-state index in [0.717, 1.165) is 4.47 Å². The summed E-state index contributed by atoms with van der Waals surface area (Å²) in [5, 5.41) is 0. The normalized spacial score (nSPS) is 16.8. The number of rotatable bonds is 2. The molecule has 70 valence electrons. The van der Waals surface area contributed by atoms with Crippen molar-refractivity contribution in [1.82, 2.24) is 9.97 Å². The van der Waals surface area contributed by atoms with Crippen molar-refractivity contribution in [2.24, 2.45) is 0 Å². The van der Waals surface area contributed by atoms with Gasteiger partial charge in [0.05, 0.1) is 17.7 Å². The molecule has 0 unspecified atom stereocenters. The van der Waals surface area contributed by atoms with E-state index >= 15 is 0 Å². The molecule has 0 N–H and O–H groups in total. The second kappa shape index (κ2) is 3.59. The van der Waals surface area contributed by atoms with Gasteiger partial charge in [-0.3, -0.25) is 0 Å². The zero-order chi connectivity index (χ0) is 9.26. The smallest absolute Gasteiger partial charge is 0.231 e. The van der Waals surface area contributed by atoms with Gasteiger partial charge in [-0.05, 0) is 22.9 Å². The van der Waals surface area contributed by atoms with E-state index in [1.54, 1.807) is 6.20 Å². The second-order valence-corrected chi connectivity index (χ2v) is 3.70. The van der Waals surface area contributed by atoms with Gasteiger partial charge in [-0.1, -0.05) is 0 Å². The highest BCUT2D eigenvalue weighted by Gasteiger charge is 2.21. The van der Waals surface area contributed by atoms with Gasteiger partial charge >= 0.3 is 0 Å². The molecule has 1 saturated heterocycles. The lowest BCUT2D eigenvalue weighted by Crippen LogP contribution is -2.38. The van der Waals surface area contributed by atoms with E-state index < -0.39 is 0 Å². The van der Waals surface area contributed by atoms with Gasteiger partial charge in [-0.15, -0.1) is 0 Å². The first kappa shape index (κ1) is 8.90. The van der Waals surface area contributed by atoms with Crippen molar-refractivity contribution < 1.29 is 9.47 Å². The third-order valence-corrected chi connectivity index (χ3v) is 2.26. The van der Waals surface area contributed by atoms with Crippen molar-refractivity contribution >= 4 is 15.9 Å². The molecule has 1 fully saturated rings. The Labute approximate surface area is 84.4 Å². The van der Waals surface area contributed by atoms with Crippen LogP contribution in [0.1, 0.15) is 5.82 Å². The lowest BCUT2D eigenvalue weighted by atomic mass is 10.3. The molecule has 0 saturated carbocycles. The van der Waals surface area contributed by atoms with Gasteiger partial charge in [0, 0.05) is 6.20 Å². The Balaban J connectivity index is 2.13. The van der Waals surface area contributed by atoms with E-state index in [1.807, 2.05) is 6.92 Å². The van der Waals surface area contributed by atoms with Crippen LogP contribution in [-0.2, 0) is 4.74 Å². The Morgan fingerprint density at radius 3 is 3.00 bits per heavy atom. The summed E-state index contributed by atoms with van der Waals surface area (Å²) in [4.78, 5) is 8.18. The molecule has 0 aromatic carbocycles. The van der Waals surface area contributed by atoms with Crippen molar-refractivity contribution in [2.75, 3.05) is 13.2 Å². The molecule has 0 radical (unpaired) electrons. The summed E-state index contributed by atoms with van der Waals surface area (Å²) in [7, 11) is 0. The number of aryl methyl sites for hydroxylation is 1. The van der Waals surface area contributed by atoms with Gasteiger partial charge in [-0.2, -0.15) is 4.98 Å². The first-order valence-electron chi connectivity index (χ1n) is 3.99. The van der Waals surface area contributed by atoms with Crippen molar-refractivity contribution in [2.45, 2.75) is 13.0 Å². The Bertz CT molecular complexity index is 315. The Morgan fingerprint density at radius 1 is 1.62 bits per heavy atom. The molecule has 1 aliphatic heterocycles. The van der Waals surface area contributed by atoms with Crippen molar-refractivity contribution in [3.05, 3.63) is 16.5 Å². The maximum absolute atomic E-state index is 5.54. The first-order chi connectivity index (χ1) is 6.25. The van der Waals surface area contributed by atoms with Gasteiger partial charge in [0.25, 0.3) is 0 Å². The van der Waals surface area contributed by atoms with Crippen LogP contribution in [0.3, 0.4) is 0 Å². The maximum Gasteiger partial charge on any atom is 0.231 e. The summed E-state index contributed by atoms with van der Waals surface area (Å²) in [6, 6.07) is 0. The number of halogens is 1. The van der Waals surface area contributed by atoms with Crippen LogP contribution in [0.5, 0.6) is 5.88 Å². The minimum Gasteiger partial charge on any atom is -0.469 e. The maximum atomic E-state index is 5.54. The minimum absolute atomic E-state index is 0.144. The van der Waals surface area contributed by atoms with Crippen molar-refractivity contribution in [3.63, 3.8) is 0 Å². The standard InChI is InChI=1S/C8H9BrN2O2/c1-5-10-2-7(9)8(11-5)13-6-3-12-4-6/h2,6H,3-4H2,1H3. The van der Waals surface area contributed by atoms with Gasteiger partial charge in [0.15, 0.2) is 0 Å². The molecule has 2 heterocycles. The summed E-state index contributed by atoms with van der Waals surface area (Å²) in [5.74, 6) is 1.30. The Kier molecular flexibility index (Phi) is 2.46. The molecule has 13 heavy (non-hydrogen) atoms. The molecule has 0 bridgehead atoms. The van der Waals surface area contributed by atoms with Crippen molar-refractivity contribution in [3.8, 4) is 5.88 Å².